The van der Waals surface area contributed by atoms with Gasteiger partial charge in [-0.1, -0.05) is 18.6 Å². The first-order chi connectivity index (χ1) is 11.8. The molecule has 4 rings (SSSR count). The summed E-state index contributed by atoms with van der Waals surface area (Å²) >= 11 is 1.79. The summed E-state index contributed by atoms with van der Waals surface area (Å²) in [7, 11) is 0. The smallest absolute Gasteiger partial charge is 0.254 e. The molecular weight excluding hydrogens is 322 g/mol. The molecule has 1 aromatic heterocycles. The number of carbonyl (C=O) groups is 1. The van der Waals surface area contributed by atoms with Crippen LogP contribution in [-0.2, 0) is 0 Å². The Kier molecular flexibility index (Phi) is 4.53. The van der Waals surface area contributed by atoms with Gasteiger partial charge in [0, 0.05) is 23.4 Å². The molecule has 2 fully saturated rings. The number of hydrogen-bond donors (Lipinski definition) is 2. The maximum Gasteiger partial charge on any atom is 0.254 e. The van der Waals surface area contributed by atoms with E-state index in [1.54, 1.807) is 11.8 Å². The average Bonchev–Trinajstić information content (AvgIpc) is 3.34. The first-order valence-corrected chi connectivity index (χ1v) is 9.60. The van der Waals surface area contributed by atoms with Gasteiger partial charge in [-0.05, 0) is 31.5 Å². The van der Waals surface area contributed by atoms with Gasteiger partial charge in [-0.15, -0.1) is 11.8 Å². The lowest BCUT2D eigenvalue weighted by molar-refractivity contribution is 0.0803. The Morgan fingerprint density at radius 1 is 1.33 bits per heavy atom. The second kappa shape index (κ2) is 6.94. The number of amides is 1. The van der Waals surface area contributed by atoms with E-state index in [4.69, 9.17) is 0 Å². The number of piperidine rings is 1. The van der Waals surface area contributed by atoms with E-state index in [0.29, 0.717) is 11.4 Å². The SMILES string of the molecule is O=C(c1cccc(-c2n[nH]c([C@H]3CCCCN3)n2)c1)N1CCSC1. The zero-order chi connectivity index (χ0) is 16.4. The minimum atomic E-state index is 0.0894. The quantitative estimate of drug-likeness (QED) is 0.895. The molecule has 0 saturated carbocycles. The van der Waals surface area contributed by atoms with E-state index >= 15 is 0 Å². The molecule has 0 bridgehead atoms. The van der Waals surface area contributed by atoms with E-state index < -0.39 is 0 Å². The Bertz CT molecular complexity index is 719. The molecule has 2 aliphatic heterocycles. The molecule has 0 radical (unpaired) electrons. The Hall–Kier alpha value is -1.86. The van der Waals surface area contributed by atoms with Crippen molar-refractivity contribution in [2.45, 2.75) is 25.3 Å². The third-order valence-corrected chi connectivity index (χ3v) is 5.52. The Morgan fingerprint density at radius 2 is 2.29 bits per heavy atom. The Labute approximate surface area is 145 Å². The summed E-state index contributed by atoms with van der Waals surface area (Å²) in [6, 6.07) is 7.88. The van der Waals surface area contributed by atoms with Crippen LogP contribution in [0.15, 0.2) is 24.3 Å². The van der Waals surface area contributed by atoms with Crippen molar-refractivity contribution >= 4 is 17.7 Å². The number of hydrogen-bond acceptors (Lipinski definition) is 5. The van der Waals surface area contributed by atoms with Crippen LogP contribution in [0, 0.1) is 0 Å². The van der Waals surface area contributed by atoms with Gasteiger partial charge < -0.3 is 10.2 Å². The van der Waals surface area contributed by atoms with E-state index in [2.05, 4.69) is 20.5 Å². The predicted octanol–water partition coefficient (Wildman–Crippen LogP) is 2.43. The molecule has 7 heteroatoms. The first-order valence-electron chi connectivity index (χ1n) is 8.44. The Balaban J connectivity index is 1.55. The monoisotopic (exact) mass is 343 g/mol. The maximum absolute atomic E-state index is 12.5. The van der Waals surface area contributed by atoms with Crippen molar-refractivity contribution in [1.82, 2.24) is 25.4 Å². The van der Waals surface area contributed by atoms with Crippen molar-refractivity contribution in [3.05, 3.63) is 35.7 Å². The number of thioether (sulfide) groups is 1. The summed E-state index contributed by atoms with van der Waals surface area (Å²) < 4.78 is 0. The largest absolute Gasteiger partial charge is 0.329 e. The van der Waals surface area contributed by atoms with Crippen LogP contribution in [-0.4, -0.2) is 50.7 Å². The summed E-state index contributed by atoms with van der Waals surface area (Å²) in [5.41, 5.74) is 1.59. The minimum Gasteiger partial charge on any atom is -0.329 e. The molecule has 0 spiro atoms. The third-order valence-electron chi connectivity index (χ3n) is 4.55. The van der Waals surface area contributed by atoms with Crippen LogP contribution < -0.4 is 5.32 Å². The van der Waals surface area contributed by atoms with Gasteiger partial charge in [0.2, 0.25) is 0 Å². The second-order valence-corrected chi connectivity index (χ2v) is 7.31. The van der Waals surface area contributed by atoms with Gasteiger partial charge in [0.05, 0.1) is 11.9 Å². The standard InChI is InChI=1S/C17H21N5OS/c23-17(22-8-9-24-11-22)13-5-3-4-12(10-13)15-19-16(21-20-15)14-6-1-2-7-18-14/h3-5,10,14,18H,1-2,6-9,11H2,(H,19,20,21)/t14-/m1/s1. The highest BCUT2D eigenvalue weighted by Gasteiger charge is 2.21. The van der Waals surface area contributed by atoms with Gasteiger partial charge in [-0.3, -0.25) is 9.89 Å². The van der Waals surface area contributed by atoms with Crippen LogP contribution in [0.1, 0.15) is 41.5 Å². The lowest BCUT2D eigenvalue weighted by Crippen LogP contribution is -2.27. The molecule has 0 unspecified atom stereocenters. The number of nitrogens with one attached hydrogen (secondary N) is 2. The van der Waals surface area contributed by atoms with Crippen LogP contribution in [0.5, 0.6) is 0 Å². The van der Waals surface area contributed by atoms with Gasteiger partial charge in [-0.2, -0.15) is 5.10 Å². The van der Waals surface area contributed by atoms with E-state index in [9.17, 15) is 4.79 Å². The van der Waals surface area contributed by atoms with Crippen molar-refractivity contribution in [1.29, 1.82) is 0 Å². The first kappa shape index (κ1) is 15.7. The molecule has 3 heterocycles. The van der Waals surface area contributed by atoms with E-state index in [0.717, 1.165) is 42.5 Å². The fourth-order valence-electron chi connectivity index (χ4n) is 3.19. The zero-order valence-corrected chi connectivity index (χ0v) is 14.3. The number of carbonyl (C=O) groups excluding carboxylic acids is 1. The van der Waals surface area contributed by atoms with E-state index in [1.165, 1.54) is 12.8 Å². The normalized spacial score (nSPS) is 21.2. The fourth-order valence-corrected chi connectivity index (χ4v) is 4.14. The number of nitrogens with zero attached hydrogens (tertiary/aromatic N) is 3. The lowest BCUT2D eigenvalue weighted by Gasteiger charge is -2.20. The Morgan fingerprint density at radius 3 is 3.08 bits per heavy atom. The molecule has 2 aromatic rings. The number of rotatable bonds is 3. The van der Waals surface area contributed by atoms with Gasteiger partial charge in [-0.25, -0.2) is 4.98 Å². The minimum absolute atomic E-state index is 0.0894. The molecular formula is C17H21N5OS. The summed E-state index contributed by atoms with van der Waals surface area (Å²) in [5, 5.41) is 10.9. The molecule has 126 valence electrons. The zero-order valence-electron chi connectivity index (χ0n) is 13.5. The lowest BCUT2D eigenvalue weighted by atomic mass is 10.0. The van der Waals surface area contributed by atoms with Crippen molar-refractivity contribution in [2.75, 3.05) is 24.7 Å². The molecule has 1 aromatic carbocycles. The molecule has 1 amide bonds. The second-order valence-electron chi connectivity index (χ2n) is 6.23. The van der Waals surface area contributed by atoms with E-state index in [-0.39, 0.29) is 11.9 Å². The highest BCUT2D eigenvalue weighted by atomic mass is 32.2. The number of aromatic amines is 1. The van der Waals surface area contributed by atoms with Crippen LogP contribution in [0.2, 0.25) is 0 Å². The van der Waals surface area contributed by atoms with Crippen LogP contribution in [0.4, 0.5) is 0 Å². The van der Waals surface area contributed by atoms with Gasteiger partial charge in [0.15, 0.2) is 5.82 Å². The molecule has 24 heavy (non-hydrogen) atoms. The van der Waals surface area contributed by atoms with Gasteiger partial charge in [0.1, 0.15) is 5.82 Å². The highest BCUT2D eigenvalue weighted by molar-refractivity contribution is 7.99. The van der Waals surface area contributed by atoms with Crippen molar-refractivity contribution in [3.63, 3.8) is 0 Å². The molecule has 1 atom stereocenters. The molecule has 6 nitrogen and oxygen atoms in total. The summed E-state index contributed by atoms with van der Waals surface area (Å²) in [6.45, 7) is 1.85. The van der Waals surface area contributed by atoms with Crippen LogP contribution in [0.3, 0.4) is 0 Å². The number of aromatic nitrogens is 3. The van der Waals surface area contributed by atoms with E-state index in [1.807, 2.05) is 29.2 Å². The molecule has 0 aliphatic carbocycles. The van der Waals surface area contributed by atoms with Gasteiger partial charge in [0.25, 0.3) is 5.91 Å². The summed E-state index contributed by atoms with van der Waals surface area (Å²) in [4.78, 5) is 19.1. The maximum atomic E-state index is 12.5. The fraction of sp³-hybridized carbons (Fsp3) is 0.471. The topological polar surface area (TPSA) is 73.9 Å². The summed E-state index contributed by atoms with van der Waals surface area (Å²) in [6.07, 6.45) is 3.52. The third kappa shape index (κ3) is 3.18. The predicted molar refractivity (Wildman–Crippen MR) is 94.8 cm³/mol. The van der Waals surface area contributed by atoms with Crippen LogP contribution in [0.25, 0.3) is 11.4 Å². The van der Waals surface area contributed by atoms with Crippen LogP contribution >= 0.6 is 11.8 Å². The van der Waals surface area contributed by atoms with Gasteiger partial charge >= 0.3 is 0 Å². The summed E-state index contributed by atoms with van der Waals surface area (Å²) in [5.74, 6) is 3.43. The van der Waals surface area contributed by atoms with Crippen molar-refractivity contribution < 1.29 is 4.79 Å². The van der Waals surface area contributed by atoms with Crippen molar-refractivity contribution in [3.8, 4) is 11.4 Å². The molecule has 2 aliphatic rings. The molecule has 2 N–H and O–H groups in total. The number of H-pyrrole nitrogens is 1. The average molecular weight is 343 g/mol. The van der Waals surface area contributed by atoms with Crippen molar-refractivity contribution in [2.24, 2.45) is 0 Å². The highest BCUT2D eigenvalue weighted by Crippen LogP contribution is 2.24. The molecule has 2 saturated heterocycles. The number of benzene rings is 1.